The monoisotopic (exact) mass is 446 g/mol. The molecular formula is C20H38MgO7S. The Morgan fingerprint density at radius 1 is 0.759 bits per heavy atom. The minimum Gasteiger partial charge on any atom is -0.481 e. The number of unbranched alkanes of at least 4 members (excludes halogenated alkanes) is 10. The summed E-state index contributed by atoms with van der Waals surface area (Å²) in [7, 11) is -5.05. The third-order valence-corrected chi connectivity index (χ3v) is 6.65. The Kier molecular flexibility index (Phi) is 17.3. The molecule has 3 N–H and O–H groups in total. The minimum atomic E-state index is -5.05. The number of aliphatic carboxylic acids is 2. The van der Waals surface area contributed by atoms with Gasteiger partial charge in [-0.15, -0.1) is 0 Å². The Bertz CT molecular complexity index is 547. The molecule has 0 heterocycles. The molecule has 0 aromatic carbocycles. The zero-order valence-corrected chi connectivity index (χ0v) is 20.3. The molecule has 0 spiro atoms. The molecule has 1 unspecified atom stereocenters. The molecule has 29 heavy (non-hydrogen) atoms. The molecule has 9 heteroatoms. The van der Waals surface area contributed by atoms with Crippen molar-refractivity contribution in [3.05, 3.63) is 0 Å². The first-order chi connectivity index (χ1) is 13.1. The molecule has 168 valence electrons. The van der Waals surface area contributed by atoms with Crippen LogP contribution >= 0.6 is 0 Å². The van der Waals surface area contributed by atoms with Gasteiger partial charge in [-0.25, -0.2) is 0 Å². The molecule has 0 aliphatic carbocycles. The third-order valence-electron chi connectivity index (χ3n) is 5.40. The van der Waals surface area contributed by atoms with Crippen LogP contribution in [0.3, 0.4) is 0 Å². The highest BCUT2D eigenvalue weighted by Gasteiger charge is 2.55. The Hall–Kier alpha value is -0.384. The van der Waals surface area contributed by atoms with Gasteiger partial charge >= 0.3 is 11.9 Å². The molecule has 1 atom stereocenters. The van der Waals surface area contributed by atoms with E-state index in [9.17, 15) is 32.8 Å². The fourth-order valence-corrected chi connectivity index (χ4v) is 4.97. The number of hydrogen-bond acceptors (Lipinski definition) is 4. The normalized spacial score (nSPS) is 12.9. The number of rotatable bonds is 18. The zero-order chi connectivity index (χ0) is 21.6. The maximum absolute atomic E-state index is 12.1. The van der Waals surface area contributed by atoms with Crippen LogP contribution in [0.15, 0.2) is 0 Å². The van der Waals surface area contributed by atoms with E-state index in [1.54, 1.807) is 0 Å². The van der Waals surface area contributed by atoms with Crippen LogP contribution in [-0.4, -0.2) is 63.4 Å². The second-order valence-corrected chi connectivity index (χ2v) is 9.23. The van der Waals surface area contributed by atoms with Gasteiger partial charge in [-0.05, 0) is 12.8 Å². The topological polar surface area (TPSA) is 129 Å². The lowest BCUT2D eigenvalue weighted by Crippen LogP contribution is -2.51. The molecule has 0 saturated carbocycles. The summed E-state index contributed by atoms with van der Waals surface area (Å²) >= 11 is 0. The van der Waals surface area contributed by atoms with E-state index in [0.29, 0.717) is 25.7 Å². The first-order valence-electron chi connectivity index (χ1n) is 10.6. The molecule has 0 fully saturated rings. The summed E-state index contributed by atoms with van der Waals surface area (Å²) in [6.45, 7) is 4.17. The van der Waals surface area contributed by atoms with Crippen LogP contribution in [0.5, 0.6) is 0 Å². The average molecular weight is 447 g/mol. The highest BCUT2D eigenvalue weighted by Crippen LogP contribution is 2.39. The Morgan fingerprint density at radius 3 is 1.38 bits per heavy atom. The van der Waals surface area contributed by atoms with Crippen molar-refractivity contribution in [3.63, 3.8) is 0 Å². The van der Waals surface area contributed by atoms with Crippen molar-refractivity contribution in [2.45, 2.75) is 109 Å². The van der Waals surface area contributed by atoms with E-state index in [4.69, 9.17) is 0 Å². The van der Waals surface area contributed by atoms with E-state index in [2.05, 4.69) is 13.8 Å². The molecule has 0 rings (SSSR count). The number of carbonyl (C=O) groups is 2. The lowest BCUT2D eigenvalue weighted by atomic mass is 9.74. The van der Waals surface area contributed by atoms with E-state index in [0.717, 1.165) is 51.4 Å². The first-order valence-corrected chi connectivity index (χ1v) is 12.1. The van der Waals surface area contributed by atoms with Crippen molar-refractivity contribution in [2.75, 3.05) is 0 Å². The maximum atomic E-state index is 12.1. The van der Waals surface area contributed by atoms with E-state index in [-0.39, 0.29) is 35.9 Å². The van der Waals surface area contributed by atoms with Gasteiger partial charge in [0.1, 0.15) is 0 Å². The van der Waals surface area contributed by atoms with Crippen molar-refractivity contribution in [1.82, 2.24) is 0 Å². The van der Waals surface area contributed by atoms with Crippen LogP contribution in [0.4, 0.5) is 0 Å². The largest absolute Gasteiger partial charge is 0.481 e. The molecule has 0 bridgehead atoms. The Morgan fingerprint density at radius 2 is 1.10 bits per heavy atom. The van der Waals surface area contributed by atoms with E-state index >= 15 is 0 Å². The predicted molar refractivity (Wildman–Crippen MR) is 115 cm³/mol. The molecule has 0 aliphatic rings. The quantitative estimate of drug-likeness (QED) is 0.160. The highest BCUT2D eigenvalue weighted by atomic mass is 32.2. The second kappa shape index (κ2) is 16.3. The average Bonchev–Trinajstić information content (AvgIpc) is 2.58. The molecule has 0 aliphatic heterocycles. The molecule has 0 amide bonds. The van der Waals surface area contributed by atoms with Crippen molar-refractivity contribution >= 4 is 45.1 Å². The second-order valence-electron chi connectivity index (χ2n) is 7.73. The standard InChI is InChI=1S/C20H38O7S.Mg/c1-3-5-7-9-11-13-15-20(19(23)24,16-14-12-10-8-6-4-2)17(18(21)22)28(25,26)27;/h17H,3-16H2,1-2H3,(H,21,22)(H,23,24)(H,25,26,27);. The lowest BCUT2D eigenvalue weighted by molar-refractivity contribution is -0.156. The van der Waals surface area contributed by atoms with Gasteiger partial charge in [-0.2, -0.15) is 8.42 Å². The number of carboxylic acid groups (broad SMARTS) is 2. The predicted octanol–water partition coefficient (Wildman–Crippen LogP) is 4.52. The van der Waals surface area contributed by atoms with Gasteiger partial charge in [0.25, 0.3) is 10.1 Å². The molecule has 2 radical (unpaired) electrons. The van der Waals surface area contributed by atoms with E-state index < -0.39 is 32.7 Å². The van der Waals surface area contributed by atoms with Crippen LogP contribution in [0.1, 0.15) is 104 Å². The summed E-state index contributed by atoms with van der Waals surface area (Å²) in [5, 5.41) is 16.9. The van der Waals surface area contributed by atoms with Gasteiger partial charge in [-0.3, -0.25) is 14.1 Å². The minimum absolute atomic E-state index is 0. The summed E-state index contributed by atoms with van der Waals surface area (Å²) in [4.78, 5) is 23.8. The smallest absolute Gasteiger partial charge is 0.325 e. The lowest BCUT2D eigenvalue weighted by Gasteiger charge is -2.33. The summed E-state index contributed by atoms with van der Waals surface area (Å²) in [5.41, 5.74) is -2.01. The van der Waals surface area contributed by atoms with Gasteiger partial charge in [0.2, 0.25) is 0 Å². The van der Waals surface area contributed by atoms with Crippen LogP contribution < -0.4 is 0 Å². The fourth-order valence-electron chi connectivity index (χ4n) is 3.80. The molecule has 0 aromatic heterocycles. The molecule has 0 aromatic rings. The molecule has 7 nitrogen and oxygen atoms in total. The summed E-state index contributed by atoms with van der Waals surface area (Å²) < 4.78 is 33.1. The molecular weight excluding hydrogens is 409 g/mol. The molecule has 0 saturated heterocycles. The first kappa shape index (κ1) is 30.8. The number of hydrogen-bond donors (Lipinski definition) is 3. The van der Waals surface area contributed by atoms with Gasteiger partial charge in [0, 0.05) is 23.1 Å². The van der Waals surface area contributed by atoms with Gasteiger partial charge < -0.3 is 10.2 Å². The zero-order valence-electron chi connectivity index (χ0n) is 18.1. The SMILES string of the molecule is CCCCCCCCC(CCCCCCCC)(C(=O)O)C(C(=O)O)S(=O)(=O)O.[Mg]. The van der Waals surface area contributed by atoms with Crippen LogP contribution in [-0.2, 0) is 19.7 Å². The maximum Gasteiger partial charge on any atom is 0.325 e. The van der Waals surface area contributed by atoms with Crippen molar-refractivity contribution in [2.24, 2.45) is 5.41 Å². The van der Waals surface area contributed by atoms with E-state index in [1.165, 1.54) is 0 Å². The fraction of sp³-hybridized carbons (Fsp3) is 0.900. The van der Waals surface area contributed by atoms with Crippen molar-refractivity contribution in [1.29, 1.82) is 0 Å². The van der Waals surface area contributed by atoms with Crippen LogP contribution in [0.2, 0.25) is 0 Å². The Balaban J connectivity index is 0. The Labute approximate surface area is 191 Å². The summed E-state index contributed by atoms with van der Waals surface area (Å²) in [6, 6.07) is 0. The van der Waals surface area contributed by atoms with Crippen molar-refractivity contribution in [3.8, 4) is 0 Å². The van der Waals surface area contributed by atoms with Crippen LogP contribution in [0.25, 0.3) is 0 Å². The highest BCUT2D eigenvalue weighted by molar-refractivity contribution is 7.87. The van der Waals surface area contributed by atoms with Gasteiger partial charge in [-0.1, -0.05) is 90.9 Å². The van der Waals surface area contributed by atoms with E-state index in [1.807, 2.05) is 0 Å². The van der Waals surface area contributed by atoms with Gasteiger partial charge in [0.05, 0.1) is 5.41 Å². The van der Waals surface area contributed by atoms with Crippen LogP contribution in [0, 0.1) is 5.41 Å². The van der Waals surface area contributed by atoms with Crippen molar-refractivity contribution < 1.29 is 32.8 Å². The summed E-state index contributed by atoms with van der Waals surface area (Å²) in [6.07, 6.45) is 10.2. The number of carboxylic acids is 2. The van der Waals surface area contributed by atoms with Gasteiger partial charge in [0.15, 0.2) is 5.25 Å². The summed E-state index contributed by atoms with van der Waals surface area (Å²) in [5.74, 6) is -3.26. The third kappa shape index (κ3) is 11.5.